The number of rotatable bonds is 5. The van der Waals surface area contributed by atoms with Gasteiger partial charge in [0, 0.05) is 57.8 Å². The molecule has 0 atom stereocenters. The first-order valence-electron chi connectivity index (χ1n) is 10.6. The van der Waals surface area contributed by atoms with E-state index in [1.807, 2.05) is 30.0 Å². The molecule has 7 heteroatoms. The van der Waals surface area contributed by atoms with E-state index in [0.717, 1.165) is 75.4 Å². The maximum atomic E-state index is 13.1. The van der Waals surface area contributed by atoms with Gasteiger partial charge in [0.15, 0.2) is 5.78 Å². The van der Waals surface area contributed by atoms with Gasteiger partial charge in [-0.05, 0) is 30.7 Å². The maximum Gasteiger partial charge on any atom is 0.174 e. The van der Waals surface area contributed by atoms with E-state index in [0.29, 0.717) is 6.42 Å². The summed E-state index contributed by atoms with van der Waals surface area (Å²) in [6.07, 6.45) is 2.79. The number of halogens is 1. The molecule has 0 saturated carbocycles. The smallest absolute Gasteiger partial charge is 0.174 e. The van der Waals surface area contributed by atoms with Crippen LogP contribution in [0.25, 0.3) is 11.8 Å². The highest BCUT2D eigenvalue weighted by atomic mass is 35.5. The highest BCUT2D eigenvalue weighted by molar-refractivity contribution is 7.99. The number of thiophene rings is 1. The maximum absolute atomic E-state index is 13.1. The van der Waals surface area contributed by atoms with Crippen molar-refractivity contribution in [1.29, 1.82) is 0 Å². The Morgan fingerprint density at radius 1 is 1.23 bits per heavy atom. The number of carbonyl (C=O) groups is 1. The standard InChI is InChI=1S/C24H25ClN2O2S2/c1-16-12-22-18(13-23(31-22)21(28)6-7-26-8-10-29-11-9-26)24(27-15-30-14-20(16)27)17-4-2-3-5-19(17)25/h2-5,12-13H,6-11,14-15H2,1H3. The van der Waals surface area contributed by atoms with Crippen molar-refractivity contribution in [3.63, 3.8) is 0 Å². The van der Waals surface area contributed by atoms with Crippen molar-refractivity contribution in [1.82, 2.24) is 9.80 Å². The number of hydrogen-bond donors (Lipinski definition) is 0. The van der Waals surface area contributed by atoms with Gasteiger partial charge in [0.2, 0.25) is 0 Å². The molecule has 5 rings (SSSR count). The lowest BCUT2D eigenvalue weighted by Gasteiger charge is -2.26. The summed E-state index contributed by atoms with van der Waals surface area (Å²) in [5.41, 5.74) is 4.75. The topological polar surface area (TPSA) is 32.8 Å². The molecule has 1 aromatic heterocycles. The highest BCUT2D eigenvalue weighted by Crippen LogP contribution is 2.36. The van der Waals surface area contributed by atoms with Gasteiger partial charge in [0.25, 0.3) is 0 Å². The Hall–Kier alpha value is -1.57. The van der Waals surface area contributed by atoms with Crippen molar-refractivity contribution < 1.29 is 9.53 Å². The SMILES string of the molecule is CC1=C2CSCN2C(c2ccccc2Cl)=c2cc(C(=O)CCN3CCOCC3)sc2=C1. The number of ether oxygens (including phenoxy) is 1. The van der Waals surface area contributed by atoms with E-state index in [1.165, 1.54) is 11.3 Å². The normalized spacial score (nSPS) is 19.2. The molecule has 3 aliphatic heterocycles. The molecular formula is C24H25ClN2O2S2. The first-order chi connectivity index (χ1) is 15.1. The molecule has 31 heavy (non-hydrogen) atoms. The predicted octanol–water partition coefficient (Wildman–Crippen LogP) is 3.54. The lowest BCUT2D eigenvalue weighted by Crippen LogP contribution is -2.37. The Morgan fingerprint density at radius 3 is 2.84 bits per heavy atom. The fourth-order valence-electron chi connectivity index (χ4n) is 4.33. The number of fused-ring (bicyclic) bond motifs is 2. The minimum Gasteiger partial charge on any atom is -0.379 e. The third-order valence-corrected chi connectivity index (χ3v) is 8.41. The quantitative estimate of drug-likeness (QED) is 0.621. The van der Waals surface area contributed by atoms with Crippen LogP contribution >= 0.6 is 34.7 Å². The van der Waals surface area contributed by atoms with Crippen LogP contribution in [0.2, 0.25) is 5.02 Å². The molecule has 162 valence electrons. The number of carbonyl (C=O) groups excluding carboxylic acids is 1. The zero-order chi connectivity index (χ0) is 21.4. The average molecular weight is 473 g/mol. The average Bonchev–Trinajstić information content (AvgIpc) is 3.41. The minimum absolute atomic E-state index is 0.217. The Labute approximate surface area is 195 Å². The van der Waals surface area contributed by atoms with Gasteiger partial charge in [-0.15, -0.1) is 23.1 Å². The van der Waals surface area contributed by atoms with E-state index in [2.05, 4.69) is 34.9 Å². The second-order valence-electron chi connectivity index (χ2n) is 8.02. The first-order valence-corrected chi connectivity index (χ1v) is 13.0. The van der Waals surface area contributed by atoms with Gasteiger partial charge in [-0.3, -0.25) is 9.69 Å². The number of ketones is 1. The molecule has 4 nitrogen and oxygen atoms in total. The molecule has 0 aliphatic carbocycles. The Bertz CT molecular complexity index is 1160. The predicted molar refractivity (Wildman–Crippen MR) is 130 cm³/mol. The molecule has 1 aromatic carbocycles. The van der Waals surface area contributed by atoms with Crippen LogP contribution in [0, 0.1) is 0 Å². The summed E-state index contributed by atoms with van der Waals surface area (Å²) in [5.74, 6) is 2.11. The summed E-state index contributed by atoms with van der Waals surface area (Å²) < 4.78 is 6.56. The fraction of sp³-hybridized carbons (Fsp3) is 0.375. The third kappa shape index (κ3) is 4.24. The van der Waals surface area contributed by atoms with Crippen molar-refractivity contribution >= 4 is 52.3 Å². The molecule has 4 heterocycles. The largest absolute Gasteiger partial charge is 0.379 e. The molecule has 2 saturated heterocycles. The van der Waals surface area contributed by atoms with Gasteiger partial charge in [0.1, 0.15) is 0 Å². The summed E-state index contributed by atoms with van der Waals surface area (Å²) in [6.45, 7) is 6.30. The molecule has 0 amide bonds. The van der Waals surface area contributed by atoms with Crippen LogP contribution in [-0.2, 0) is 4.74 Å². The van der Waals surface area contributed by atoms with Crippen LogP contribution in [0.5, 0.6) is 0 Å². The van der Waals surface area contributed by atoms with E-state index in [4.69, 9.17) is 16.3 Å². The summed E-state index contributed by atoms with van der Waals surface area (Å²) >= 11 is 10.2. The van der Waals surface area contributed by atoms with Crippen LogP contribution in [0.3, 0.4) is 0 Å². The Kier molecular flexibility index (Phi) is 6.26. The molecule has 0 bridgehead atoms. The van der Waals surface area contributed by atoms with Crippen molar-refractivity contribution in [3.05, 3.63) is 66.8 Å². The summed E-state index contributed by atoms with van der Waals surface area (Å²) in [6, 6.07) is 10.1. The second-order valence-corrected chi connectivity index (χ2v) is 10.5. The highest BCUT2D eigenvalue weighted by Gasteiger charge is 2.28. The van der Waals surface area contributed by atoms with Gasteiger partial charge in [-0.1, -0.05) is 29.8 Å². The van der Waals surface area contributed by atoms with Gasteiger partial charge in [-0.25, -0.2) is 0 Å². The van der Waals surface area contributed by atoms with Crippen molar-refractivity contribution in [2.24, 2.45) is 0 Å². The van der Waals surface area contributed by atoms with Crippen LogP contribution < -0.4 is 9.75 Å². The number of morpholine rings is 1. The zero-order valence-corrected chi connectivity index (χ0v) is 19.9. The van der Waals surface area contributed by atoms with Gasteiger partial charge in [-0.2, -0.15) is 0 Å². The lowest BCUT2D eigenvalue weighted by atomic mass is 10.1. The minimum atomic E-state index is 0.217. The van der Waals surface area contributed by atoms with E-state index in [9.17, 15) is 4.79 Å². The molecule has 2 aromatic rings. The fourth-order valence-corrected chi connectivity index (χ4v) is 6.82. The van der Waals surface area contributed by atoms with E-state index < -0.39 is 0 Å². The molecule has 0 spiro atoms. The van der Waals surface area contributed by atoms with Crippen molar-refractivity contribution in [3.8, 4) is 0 Å². The van der Waals surface area contributed by atoms with Crippen LogP contribution in [0.1, 0.15) is 28.6 Å². The molecule has 2 fully saturated rings. The lowest BCUT2D eigenvalue weighted by molar-refractivity contribution is 0.0370. The van der Waals surface area contributed by atoms with Crippen LogP contribution in [-0.4, -0.2) is 60.1 Å². The monoisotopic (exact) mass is 472 g/mol. The van der Waals surface area contributed by atoms with Gasteiger partial charge >= 0.3 is 0 Å². The van der Waals surface area contributed by atoms with Gasteiger partial charge < -0.3 is 9.64 Å². The number of nitrogens with zero attached hydrogens (tertiary/aromatic N) is 2. The molecule has 0 N–H and O–H groups in total. The third-order valence-electron chi connectivity index (χ3n) is 6.04. The van der Waals surface area contributed by atoms with Gasteiger partial charge in [0.05, 0.1) is 29.7 Å². The number of Topliss-reactive ketones (excluding diaryl/α,β-unsaturated/α-hetero) is 1. The molecule has 3 aliphatic rings. The second kappa shape index (κ2) is 9.12. The zero-order valence-electron chi connectivity index (χ0n) is 17.5. The van der Waals surface area contributed by atoms with Crippen molar-refractivity contribution in [2.75, 3.05) is 44.5 Å². The van der Waals surface area contributed by atoms with E-state index in [-0.39, 0.29) is 5.78 Å². The molecule has 0 radical (unpaired) electrons. The molecular weight excluding hydrogens is 448 g/mol. The van der Waals surface area contributed by atoms with Crippen LogP contribution in [0.4, 0.5) is 0 Å². The van der Waals surface area contributed by atoms with Crippen LogP contribution in [0.15, 0.2) is 41.6 Å². The Balaban J connectivity index is 1.56. The van der Waals surface area contributed by atoms with Crippen molar-refractivity contribution in [2.45, 2.75) is 13.3 Å². The van der Waals surface area contributed by atoms with E-state index in [1.54, 1.807) is 11.3 Å². The Morgan fingerprint density at radius 2 is 2.03 bits per heavy atom. The summed E-state index contributed by atoms with van der Waals surface area (Å²) in [5, 5.41) is 1.86. The first kappa shape index (κ1) is 21.3. The number of thioether (sulfide) groups is 1. The number of benzene rings is 1. The molecule has 0 unspecified atom stereocenters. The van der Waals surface area contributed by atoms with E-state index >= 15 is 0 Å². The summed E-state index contributed by atoms with van der Waals surface area (Å²) in [4.78, 5) is 18.6. The summed E-state index contributed by atoms with van der Waals surface area (Å²) in [7, 11) is 0. The number of hydrogen-bond acceptors (Lipinski definition) is 6. The number of allylic oxidation sites excluding steroid dienone is 1.